The molecule has 0 heterocycles. The van der Waals surface area contributed by atoms with Gasteiger partial charge in [-0.05, 0) is 17.9 Å². The minimum Gasteiger partial charge on any atom is -0.407 e. The second-order valence-electron chi connectivity index (χ2n) is 4.16. The predicted octanol–water partition coefficient (Wildman–Crippen LogP) is 3.54. The van der Waals surface area contributed by atoms with Crippen molar-refractivity contribution in [1.29, 1.82) is 0 Å². The highest BCUT2D eigenvalue weighted by molar-refractivity contribution is 6.42. The third-order valence-electron chi connectivity index (χ3n) is 2.66. The minimum absolute atomic E-state index is 0.203. The lowest BCUT2D eigenvalue weighted by molar-refractivity contribution is 0.187. The highest BCUT2D eigenvalue weighted by Crippen LogP contribution is 2.05. The maximum atomic E-state index is 5.63. The van der Waals surface area contributed by atoms with Crippen LogP contribution in [-0.4, -0.2) is 7.12 Å². The van der Waals surface area contributed by atoms with Gasteiger partial charge in [-0.3, -0.25) is 0 Å². The smallest absolute Gasteiger partial charge is 0.407 e. The second kappa shape index (κ2) is 6.99. The summed E-state index contributed by atoms with van der Waals surface area (Å²) in [6.45, 7) is 3.08. The molecule has 0 radical (unpaired) electrons. The molecule has 2 aromatic carbocycles. The van der Waals surface area contributed by atoms with Crippen molar-refractivity contribution in [2.24, 2.45) is 0 Å². The fraction of sp³-hybridized carbons (Fsp3) is 0.200. The molecule has 2 aromatic rings. The van der Waals surface area contributed by atoms with E-state index in [4.69, 9.17) is 9.31 Å². The zero-order valence-electron chi connectivity index (χ0n) is 10.6. The molecule has 3 heteroatoms. The molecule has 0 aliphatic heterocycles. The highest BCUT2D eigenvalue weighted by Gasteiger charge is 2.10. The first-order chi connectivity index (χ1) is 8.84. The van der Waals surface area contributed by atoms with Crippen molar-refractivity contribution in [1.82, 2.24) is 0 Å². The van der Waals surface area contributed by atoms with Crippen LogP contribution < -0.4 is 0 Å². The maximum Gasteiger partial charge on any atom is 0.454 e. The molecule has 92 valence electrons. The van der Waals surface area contributed by atoms with Crippen molar-refractivity contribution in [2.75, 3.05) is 0 Å². The molecule has 0 amide bonds. The van der Waals surface area contributed by atoms with Gasteiger partial charge < -0.3 is 9.31 Å². The molecule has 0 spiro atoms. The summed E-state index contributed by atoms with van der Waals surface area (Å²) in [6, 6.07) is 20.2. The van der Waals surface area contributed by atoms with Gasteiger partial charge in [0.15, 0.2) is 0 Å². The van der Waals surface area contributed by atoms with Crippen LogP contribution in [0.15, 0.2) is 60.7 Å². The first-order valence-electron chi connectivity index (χ1n) is 6.15. The number of rotatable bonds is 6. The molecule has 0 saturated carbocycles. The van der Waals surface area contributed by atoms with Crippen LogP contribution in [0.25, 0.3) is 0 Å². The van der Waals surface area contributed by atoms with E-state index in [1.807, 2.05) is 67.5 Å². The Morgan fingerprint density at radius 1 is 0.722 bits per heavy atom. The van der Waals surface area contributed by atoms with E-state index in [-0.39, 0.29) is 7.12 Å². The molecule has 18 heavy (non-hydrogen) atoms. The summed E-state index contributed by atoms with van der Waals surface area (Å²) in [6.07, 6.45) is 0. The molecule has 0 aliphatic carbocycles. The van der Waals surface area contributed by atoms with E-state index in [1.165, 1.54) is 0 Å². The van der Waals surface area contributed by atoms with Gasteiger partial charge >= 0.3 is 7.12 Å². The summed E-state index contributed by atoms with van der Waals surface area (Å²) in [5, 5.41) is 0. The van der Waals surface area contributed by atoms with Crippen molar-refractivity contribution in [3.63, 3.8) is 0 Å². The summed E-state index contributed by atoms with van der Waals surface area (Å²) < 4.78 is 11.3. The standard InChI is InChI=1S/C15H17BO2/c1-16(17-12-14-8-4-2-5-9-14)18-13-15-10-6-3-7-11-15/h2-11H,12-13H2,1H3. The summed E-state index contributed by atoms with van der Waals surface area (Å²) in [7, 11) is -0.203. The van der Waals surface area contributed by atoms with Gasteiger partial charge in [0.05, 0.1) is 13.2 Å². The Hall–Kier alpha value is -1.58. The first kappa shape index (κ1) is 12.9. The lowest BCUT2D eigenvalue weighted by atomic mass is 9.95. The van der Waals surface area contributed by atoms with E-state index in [2.05, 4.69) is 0 Å². The molecule has 2 rings (SSSR count). The largest absolute Gasteiger partial charge is 0.454 e. The molecule has 0 unspecified atom stereocenters. The Balaban J connectivity index is 1.71. The zero-order valence-corrected chi connectivity index (χ0v) is 10.6. The Kier molecular flexibility index (Phi) is 5.00. The Morgan fingerprint density at radius 3 is 1.50 bits per heavy atom. The molecule has 0 saturated heterocycles. The lowest BCUT2D eigenvalue weighted by Gasteiger charge is -2.11. The van der Waals surface area contributed by atoms with Crippen LogP contribution in [0, 0.1) is 0 Å². The molecule has 0 bridgehead atoms. The van der Waals surface area contributed by atoms with E-state index in [0.717, 1.165) is 11.1 Å². The van der Waals surface area contributed by atoms with Gasteiger partial charge in [-0.1, -0.05) is 60.7 Å². The third kappa shape index (κ3) is 4.36. The van der Waals surface area contributed by atoms with Crippen LogP contribution in [0.2, 0.25) is 6.82 Å². The molecular formula is C15H17BO2. The Bertz CT molecular complexity index is 401. The summed E-state index contributed by atoms with van der Waals surface area (Å²) in [4.78, 5) is 0. The Morgan fingerprint density at radius 2 is 1.11 bits per heavy atom. The fourth-order valence-corrected chi connectivity index (χ4v) is 1.62. The zero-order chi connectivity index (χ0) is 12.6. The summed E-state index contributed by atoms with van der Waals surface area (Å²) >= 11 is 0. The van der Waals surface area contributed by atoms with Crippen LogP contribution in [0.5, 0.6) is 0 Å². The summed E-state index contributed by atoms with van der Waals surface area (Å²) in [5.74, 6) is 0. The van der Waals surface area contributed by atoms with Crippen LogP contribution in [0.4, 0.5) is 0 Å². The van der Waals surface area contributed by atoms with Crippen molar-refractivity contribution in [3.8, 4) is 0 Å². The van der Waals surface area contributed by atoms with Gasteiger partial charge in [-0.2, -0.15) is 0 Å². The quantitative estimate of drug-likeness (QED) is 0.719. The van der Waals surface area contributed by atoms with Crippen LogP contribution in [-0.2, 0) is 22.5 Å². The molecule has 0 fully saturated rings. The average Bonchev–Trinajstić information content (AvgIpc) is 2.45. The van der Waals surface area contributed by atoms with Gasteiger partial charge in [-0.25, -0.2) is 0 Å². The van der Waals surface area contributed by atoms with Gasteiger partial charge in [0.1, 0.15) is 0 Å². The van der Waals surface area contributed by atoms with Crippen LogP contribution in [0.1, 0.15) is 11.1 Å². The minimum atomic E-state index is -0.203. The Labute approximate surface area is 109 Å². The van der Waals surface area contributed by atoms with E-state index in [9.17, 15) is 0 Å². The van der Waals surface area contributed by atoms with Gasteiger partial charge in [0.25, 0.3) is 0 Å². The third-order valence-corrected chi connectivity index (χ3v) is 2.66. The van der Waals surface area contributed by atoms with E-state index >= 15 is 0 Å². The van der Waals surface area contributed by atoms with E-state index < -0.39 is 0 Å². The molecule has 0 aliphatic rings. The normalized spacial score (nSPS) is 10.3. The molecule has 0 aromatic heterocycles. The average molecular weight is 240 g/mol. The number of benzene rings is 2. The van der Waals surface area contributed by atoms with E-state index in [0.29, 0.717) is 13.2 Å². The van der Waals surface area contributed by atoms with Crippen LogP contribution >= 0.6 is 0 Å². The van der Waals surface area contributed by atoms with Crippen molar-refractivity contribution < 1.29 is 9.31 Å². The van der Waals surface area contributed by atoms with Gasteiger partial charge in [0.2, 0.25) is 0 Å². The molecule has 0 atom stereocenters. The van der Waals surface area contributed by atoms with E-state index in [1.54, 1.807) is 0 Å². The van der Waals surface area contributed by atoms with Crippen molar-refractivity contribution >= 4 is 7.12 Å². The fourth-order valence-electron chi connectivity index (χ4n) is 1.62. The molecule has 0 N–H and O–H groups in total. The highest BCUT2D eigenvalue weighted by atomic mass is 16.6. The van der Waals surface area contributed by atoms with Gasteiger partial charge in [0, 0.05) is 0 Å². The van der Waals surface area contributed by atoms with Crippen molar-refractivity contribution in [3.05, 3.63) is 71.8 Å². The first-order valence-corrected chi connectivity index (χ1v) is 6.15. The monoisotopic (exact) mass is 240 g/mol. The lowest BCUT2D eigenvalue weighted by Crippen LogP contribution is -2.18. The van der Waals surface area contributed by atoms with Crippen LogP contribution in [0.3, 0.4) is 0 Å². The SMILES string of the molecule is CB(OCc1ccccc1)OCc1ccccc1. The topological polar surface area (TPSA) is 18.5 Å². The molecular weight excluding hydrogens is 223 g/mol. The predicted molar refractivity (Wildman–Crippen MR) is 74.1 cm³/mol. The molecule has 2 nitrogen and oxygen atoms in total. The maximum absolute atomic E-state index is 5.63. The number of hydrogen-bond donors (Lipinski definition) is 0. The van der Waals surface area contributed by atoms with Gasteiger partial charge in [-0.15, -0.1) is 0 Å². The summed E-state index contributed by atoms with van der Waals surface area (Å²) in [5.41, 5.74) is 2.32. The van der Waals surface area contributed by atoms with Crippen molar-refractivity contribution in [2.45, 2.75) is 20.0 Å². The second-order valence-corrected chi connectivity index (χ2v) is 4.16. The number of hydrogen-bond acceptors (Lipinski definition) is 2.